The van der Waals surface area contributed by atoms with E-state index in [-0.39, 0.29) is 0 Å². The molecule has 1 rings (SSSR count). The van der Waals surface area contributed by atoms with Crippen molar-refractivity contribution in [3.63, 3.8) is 0 Å². The van der Waals surface area contributed by atoms with Crippen molar-refractivity contribution in [2.45, 2.75) is 13.0 Å². The molecule has 1 N–H and O–H groups in total. The standard InChI is InChI=1S/C9H9NO/c1-8(11)2-3-9-4-6-10-7-5-9/h4-8,11H,1H3/t8-/m0/s1. The maximum absolute atomic E-state index is 8.82. The molecule has 0 aliphatic rings. The summed E-state index contributed by atoms with van der Waals surface area (Å²) in [6.07, 6.45) is 2.78. The van der Waals surface area contributed by atoms with Crippen molar-refractivity contribution in [2.75, 3.05) is 0 Å². The molecule has 0 saturated carbocycles. The van der Waals surface area contributed by atoms with Gasteiger partial charge in [-0.3, -0.25) is 4.98 Å². The van der Waals surface area contributed by atoms with Crippen LogP contribution in [0, 0.1) is 11.8 Å². The van der Waals surface area contributed by atoms with Gasteiger partial charge in [0.25, 0.3) is 0 Å². The first-order valence-electron chi connectivity index (χ1n) is 3.38. The molecule has 0 aliphatic heterocycles. The van der Waals surface area contributed by atoms with Gasteiger partial charge in [0.05, 0.1) is 0 Å². The van der Waals surface area contributed by atoms with Crippen LogP contribution in [0.2, 0.25) is 0 Å². The lowest BCUT2D eigenvalue weighted by atomic mass is 10.2. The van der Waals surface area contributed by atoms with E-state index in [1.54, 1.807) is 31.5 Å². The first-order valence-corrected chi connectivity index (χ1v) is 3.38. The summed E-state index contributed by atoms with van der Waals surface area (Å²) in [7, 11) is 0. The Kier molecular flexibility index (Phi) is 2.65. The van der Waals surface area contributed by atoms with Crippen molar-refractivity contribution in [1.82, 2.24) is 4.98 Å². The molecule has 2 nitrogen and oxygen atoms in total. The lowest BCUT2D eigenvalue weighted by molar-refractivity contribution is 0.253. The van der Waals surface area contributed by atoms with Crippen LogP contribution in [0.15, 0.2) is 24.5 Å². The molecular formula is C9H9NO. The molecule has 56 valence electrons. The summed E-state index contributed by atoms with van der Waals surface area (Å²) in [5.41, 5.74) is 0.876. The maximum atomic E-state index is 8.82. The van der Waals surface area contributed by atoms with Crippen LogP contribution in [0.1, 0.15) is 12.5 Å². The molecule has 0 aliphatic carbocycles. The van der Waals surface area contributed by atoms with E-state index in [0.29, 0.717) is 0 Å². The summed E-state index contributed by atoms with van der Waals surface area (Å²) in [4.78, 5) is 3.84. The van der Waals surface area contributed by atoms with E-state index < -0.39 is 6.10 Å². The minimum atomic E-state index is -0.567. The predicted molar refractivity (Wildman–Crippen MR) is 42.8 cm³/mol. The van der Waals surface area contributed by atoms with Crippen LogP contribution in [0.5, 0.6) is 0 Å². The molecule has 1 heterocycles. The molecule has 1 aromatic heterocycles. The van der Waals surface area contributed by atoms with E-state index in [9.17, 15) is 0 Å². The Morgan fingerprint density at radius 3 is 2.64 bits per heavy atom. The Labute approximate surface area is 65.9 Å². The van der Waals surface area contributed by atoms with Crippen LogP contribution >= 0.6 is 0 Å². The van der Waals surface area contributed by atoms with E-state index in [1.807, 2.05) is 0 Å². The van der Waals surface area contributed by atoms with Crippen LogP contribution in [0.25, 0.3) is 0 Å². The van der Waals surface area contributed by atoms with Crippen molar-refractivity contribution < 1.29 is 5.11 Å². The molecule has 0 aromatic carbocycles. The highest BCUT2D eigenvalue weighted by Crippen LogP contribution is 1.91. The average molecular weight is 147 g/mol. The number of rotatable bonds is 0. The van der Waals surface area contributed by atoms with E-state index in [1.165, 1.54) is 0 Å². The Morgan fingerprint density at radius 1 is 1.45 bits per heavy atom. The molecule has 0 saturated heterocycles. The van der Waals surface area contributed by atoms with Crippen LogP contribution < -0.4 is 0 Å². The van der Waals surface area contributed by atoms with E-state index >= 15 is 0 Å². The number of pyridine rings is 1. The van der Waals surface area contributed by atoms with Gasteiger partial charge in [0.2, 0.25) is 0 Å². The third-order valence-electron chi connectivity index (χ3n) is 1.11. The Hall–Kier alpha value is -1.33. The minimum Gasteiger partial charge on any atom is -0.381 e. The smallest absolute Gasteiger partial charge is 0.112 e. The van der Waals surface area contributed by atoms with Crippen LogP contribution in [0.4, 0.5) is 0 Å². The molecule has 0 unspecified atom stereocenters. The predicted octanol–water partition coefficient (Wildman–Crippen LogP) is 0.814. The molecule has 11 heavy (non-hydrogen) atoms. The van der Waals surface area contributed by atoms with Crippen molar-refractivity contribution in [3.05, 3.63) is 30.1 Å². The van der Waals surface area contributed by atoms with Gasteiger partial charge in [0, 0.05) is 18.0 Å². The van der Waals surface area contributed by atoms with Gasteiger partial charge in [0.15, 0.2) is 0 Å². The van der Waals surface area contributed by atoms with Crippen LogP contribution in [0.3, 0.4) is 0 Å². The maximum Gasteiger partial charge on any atom is 0.112 e. The number of hydrogen-bond acceptors (Lipinski definition) is 2. The van der Waals surface area contributed by atoms with Crippen LogP contribution in [-0.2, 0) is 0 Å². The van der Waals surface area contributed by atoms with Crippen molar-refractivity contribution in [2.24, 2.45) is 0 Å². The average Bonchev–Trinajstić information content (AvgIpc) is 2.03. The summed E-state index contributed by atoms with van der Waals surface area (Å²) in [6, 6.07) is 3.60. The Balaban J connectivity index is 2.75. The summed E-state index contributed by atoms with van der Waals surface area (Å²) >= 11 is 0. The highest BCUT2D eigenvalue weighted by atomic mass is 16.3. The highest BCUT2D eigenvalue weighted by molar-refractivity contribution is 5.32. The summed E-state index contributed by atoms with van der Waals surface area (Å²) in [5.74, 6) is 5.44. The number of aliphatic hydroxyl groups is 1. The fourth-order valence-electron chi connectivity index (χ4n) is 0.623. The second kappa shape index (κ2) is 3.75. The number of aliphatic hydroxyl groups excluding tert-OH is 1. The topological polar surface area (TPSA) is 33.1 Å². The summed E-state index contributed by atoms with van der Waals surface area (Å²) < 4.78 is 0. The van der Waals surface area contributed by atoms with E-state index in [2.05, 4.69) is 16.8 Å². The largest absolute Gasteiger partial charge is 0.381 e. The second-order valence-corrected chi connectivity index (χ2v) is 2.18. The molecule has 2 heteroatoms. The molecule has 0 spiro atoms. The first-order chi connectivity index (χ1) is 5.29. The van der Waals surface area contributed by atoms with Gasteiger partial charge in [-0.2, -0.15) is 0 Å². The third kappa shape index (κ3) is 2.83. The van der Waals surface area contributed by atoms with Crippen molar-refractivity contribution in [1.29, 1.82) is 0 Å². The molecule has 0 bridgehead atoms. The second-order valence-electron chi connectivity index (χ2n) is 2.18. The van der Waals surface area contributed by atoms with Gasteiger partial charge in [-0.15, -0.1) is 0 Å². The SMILES string of the molecule is C[C@H](O)C#Cc1ccncc1. The molecule has 0 amide bonds. The number of nitrogens with zero attached hydrogens (tertiary/aromatic N) is 1. The van der Waals surface area contributed by atoms with Gasteiger partial charge in [-0.1, -0.05) is 11.8 Å². The summed E-state index contributed by atoms with van der Waals surface area (Å²) in [6.45, 7) is 1.63. The Morgan fingerprint density at radius 2 is 2.09 bits per heavy atom. The van der Waals surface area contributed by atoms with Gasteiger partial charge in [-0.05, 0) is 19.1 Å². The normalized spacial score (nSPS) is 11.5. The number of aromatic nitrogens is 1. The lowest BCUT2D eigenvalue weighted by Crippen LogP contribution is -1.92. The minimum absolute atomic E-state index is 0.567. The lowest BCUT2D eigenvalue weighted by Gasteiger charge is -1.88. The molecular weight excluding hydrogens is 138 g/mol. The monoisotopic (exact) mass is 147 g/mol. The zero-order chi connectivity index (χ0) is 8.10. The highest BCUT2D eigenvalue weighted by Gasteiger charge is 1.84. The molecule has 0 radical (unpaired) electrons. The molecule has 1 atom stereocenters. The fraction of sp³-hybridized carbons (Fsp3) is 0.222. The van der Waals surface area contributed by atoms with Gasteiger partial charge in [-0.25, -0.2) is 0 Å². The molecule has 1 aromatic rings. The van der Waals surface area contributed by atoms with Crippen LogP contribution in [-0.4, -0.2) is 16.2 Å². The van der Waals surface area contributed by atoms with E-state index in [0.717, 1.165) is 5.56 Å². The fourth-order valence-corrected chi connectivity index (χ4v) is 0.623. The van der Waals surface area contributed by atoms with Gasteiger partial charge < -0.3 is 5.11 Å². The van der Waals surface area contributed by atoms with Crippen molar-refractivity contribution in [3.8, 4) is 11.8 Å². The molecule has 0 fully saturated rings. The van der Waals surface area contributed by atoms with Gasteiger partial charge >= 0.3 is 0 Å². The zero-order valence-corrected chi connectivity index (χ0v) is 6.28. The quantitative estimate of drug-likeness (QED) is 0.551. The van der Waals surface area contributed by atoms with Gasteiger partial charge in [0.1, 0.15) is 6.10 Å². The number of hydrogen-bond donors (Lipinski definition) is 1. The van der Waals surface area contributed by atoms with Crippen molar-refractivity contribution >= 4 is 0 Å². The third-order valence-corrected chi connectivity index (χ3v) is 1.11. The Bertz CT molecular complexity index is 269. The zero-order valence-electron chi connectivity index (χ0n) is 6.28. The van der Waals surface area contributed by atoms with E-state index in [4.69, 9.17) is 5.11 Å². The summed E-state index contributed by atoms with van der Waals surface area (Å²) in [5, 5.41) is 8.82. The first kappa shape index (κ1) is 7.77.